The number of non-ortho nitro benzene ring substituents is 1. The van der Waals surface area contributed by atoms with Crippen LogP contribution in [0.4, 0.5) is 5.69 Å². The second-order valence-electron chi connectivity index (χ2n) is 10.7. The highest BCUT2D eigenvalue weighted by Crippen LogP contribution is 2.27. The van der Waals surface area contributed by atoms with Crippen LogP contribution in [-0.2, 0) is 24.1 Å². The molecule has 0 heterocycles. The van der Waals surface area contributed by atoms with E-state index in [4.69, 9.17) is 5.73 Å². The second-order valence-corrected chi connectivity index (χ2v) is 11.9. The first-order chi connectivity index (χ1) is 20.2. The predicted octanol–water partition coefficient (Wildman–Crippen LogP) is 7.25. The Hall–Kier alpha value is -3.20. The number of nitrogens with two attached hydrogens (primary N) is 1. The van der Waals surface area contributed by atoms with Crippen molar-refractivity contribution in [2.24, 2.45) is 17.6 Å². The van der Waals surface area contributed by atoms with Crippen molar-refractivity contribution in [1.82, 2.24) is 4.31 Å². The fraction of sp³-hybridized carbons (Fsp3) is 0.441. The lowest BCUT2D eigenvalue weighted by molar-refractivity contribution is -0.384. The maximum absolute atomic E-state index is 12.0. The summed E-state index contributed by atoms with van der Waals surface area (Å²) >= 11 is 1.45. The number of amides is 1. The van der Waals surface area contributed by atoms with Gasteiger partial charge in [-0.2, -0.15) is 0 Å². The molecule has 2 atom stereocenters. The molecule has 228 valence electrons. The van der Waals surface area contributed by atoms with Crippen molar-refractivity contribution in [2.45, 2.75) is 77.2 Å². The van der Waals surface area contributed by atoms with Crippen LogP contribution in [0.1, 0.15) is 63.6 Å². The Morgan fingerprint density at radius 1 is 0.976 bits per heavy atom. The highest BCUT2D eigenvalue weighted by atomic mass is 32.2. The van der Waals surface area contributed by atoms with Crippen molar-refractivity contribution in [1.29, 1.82) is 0 Å². The minimum Gasteiger partial charge on any atom is -0.392 e. The van der Waals surface area contributed by atoms with Crippen LogP contribution in [0.5, 0.6) is 0 Å². The van der Waals surface area contributed by atoms with Crippen LogP contribution in [-0.4, -0.2) is 39.4 Å². The Kier molecular flexibility index (Phi) is 15.9. The van der Waals surface area contributed by atoms with Gasteiger partial charge in [0.25, 0.3) is 5.69 Å². The lowest BCUT2D eigenvalue weighted by Gasteiger charge is -2.26. The van der Waals surface area contributed by atoms with Crippen molar-refractivity contribution < 1.29 is 14.8 Å². The van der Waals surface area contributed by atoms with Gasteiger partial charge >= 0.3 is 0 Å². The first-order valence-electron chi connectivity index (χ1n) is 15.0. The zero-order chi connectivity index (χ0) is 30.9. The number of carbonyl (C=O) groups is 1. The Balaban J connectivity index is 0.000000464. The van der Waals surface area contributed by atoms with Gasteiger partial charge in [0.15, 0.2) is 0 Å². The monoisotopic (exact) mass is 593 g/mol. The molecule has 0 saturated carbocycles. The maximum Gasteiger partial charge on any atom is 0.269 e. The van der Waals surface area contributed by atoms with Crippen LogP contribution in [0.3, 0.4) is 0 Å². The third-order valence-electron chi connectivity index (χ3n) is 6.95. The van der Waals surface area contributed by atoms with Gasteiger partial charge in [-0.05, 0) is 85.2 Å². The van der Waals surface area contributed by atoms with Crippen molar-refractivity contribution in [3.05, 3.63) is 106 Å². The van der Waals surface area contributed by atoms with Crippen LogP contribution in [0.2, 0.25) is 0 Å². The number of benzene rings is 3. The number of hydrogen-bond acceptors (Lipinski definition) is 6. The molecule has 4 rings (SSSR count). The summed E-state index contributed by atoms with van der Waals surface area (Å²) in [7, 11) is 0. The minimum absolute atomic E-state index is 0.0447. The normalized spacial score (nSPS) is 13.3. The van der Waals surface area contributed by atoms with Crippen molar-refractivity contribution in [2.75, 3.05) is 13.1 Å². The number of primary amides is 1. The van der Waals surface area contributed by atoms with Crippen LogP contribution in [0, 0.1) is 22.0 Å². The Bertz CT molecular complexity index is 1180. The highest BCUT2D eigenvalue weighted by Gasteiger charge is 2.23. The number of rotatable bonds is 13. The summed E-state index contributed by atoms with van der Waals surface area (Å²) in [6, 6.07) is 24.7. The predicted molar refractivity (Wildman–Crippen MR) is 173 cm³/mol. The average Bonchev–Trinajstić information content (AvgIpc) is 3.47. The van der Waals surface area contributed by atoms with Gasteiger partial charge in [0.05, 0.1) is 11.0 Å². The van der Waals surface area contributed by atoms with Gasteiger partial charge < -0.3 is 10.8 Å². The van der Waals surface area contributed by atoms with Gasteiger partial charge in [-0.1, -0.05) is 82.3 Å². The summed E-state index contributed by atoms with van der Waals surface area (Å²) in [6.45, 7) is 9.38. The van der Waals surface area contributed by atoms with E-state index in [0.717, 1.165) is 23.4 Å². The van der Waals surface area contributed by atoms with Crippen LogP contribution in [0.25, 0.3) is 0 Å². The molecule has 0 bridgehead atoms. The zero-order valence-electron chi connectivity index (χ0n) is 25.4. The lowest BCUT2D eigenvalue weighted by atomic mass is 9.93. The molecule has 42 heavy (non-hydrogen) atoms. The smallest absolute Gasteiger partial charge is 0.269 e. The molecule has 3 aromatic rings. The number of aliphatic hydroxyl groups is 1. The largest absolute Gasteiger partial charge is 0.392 e. The van der Waals surface area contributed by atoms with Gasteiger partial charge in [0, 0.05) is 36.0 Å². The van der Waals surface area contributed by atoms with Gasteiger partial charge in [-0.15, -0.1) is 0 Å². The molecule has 0 aromatic heterocycles. The molecular formula is C34H47N3O4S. The highest BCUT2D eigenvalue weighted by molar-refractivity contribution is 7.97. The second kappa shape index (κ2) is 19.1. The summed E-state index contributed by atoms with van der Waals surface area (Å²) in [6.07, 6.45) is 4.96. The molecule has 7 nitrogen and oxygen atoms in total. The number of carbonyl (C=O) groups excluding carboxylic acids is 1. The van der Waals surface area contributed by atoms with Gasteiger partial charge in [0.2, 0.25) is 5.91 Å². The van der Waals surface area contributed by atoms with Crippen molar-refractivity contribution in [3.8, 4) is 0 Å². The summed E-state index contributed by atoms with van der Waals surface area (Å²) in [4.78, 5) is 23.3. The third kappa shape index (κ3) is 12.8. The number of aliphatic hydroxyl groups excluding tert-OH is 1. The number of aryl methyl sites for hydroxylation is 2. The molecule has 1 aliphatic rings. The Morgan fingerprint density at radius 2 is 1.55 bits per heavy atom. The Labute approximate surface area is 255 Å². The number of nitrogens with zero attached hydrogens (tertiary/aromatic N) is 2. The van der Waals surface area contributed by atoms with E-state index in [1.807, 2.05) is 48.5 Å². The van der Waals surface area contributed by atoms with Crippen molar-refractivity contribution >= 4 is 23.5 Å². The van der Waals surface area contributed by atoms with Crippen molar-refractivity contribution in [3.63, 3.8) is 0 Å². The molecular weight excluding hydrogens is 546 g/mol. The molecule has 0 unspecified atom stereocenters. The van der Waals surface area contributed by atoms with E-state index < -0.39 is 22.9 Å². The summed E-state index contributed by atoms with van der Waals surface area (Å²) in [5.41, 5.74) is 9.79. The number of nitro groups is 1. The van der Waals surface area contributed by atoms with E-state index >= 15 is 0 Å². The molecule has 0 aliphatic heterocycles. The van der Waals surface area contributed by atoms with E-state index in [0.29, 0.717) is 18.9 Å². The molecule has 1 aliphatic carbocycles. The summed E-state index contributed by atoms with van der Waals surface area (Å²) < 4.78 is 2.05. The lowest BCUT2D eigenvalue weighted by Crippen LogP contribution is -2.34. The first kappa shape index (κ1) is 35.0. The third-order valence-corrected chi connectivity index (χ3v) is 8.02. The van der Waals surface area contributed by atoms with E-state index in [1.54, 1.807) is 23.3 Å². The van der Waals surface area contributed by atoms with Crippen LogP contribution >= 0.6 is 11.9 Å². The molecule has 0 saturated heterocycles. The minimum atomic E-state index is -0.723. The van der Waals surface area contributed by atoms with Crippen LogP contribution < -0.4 is 5.73 Å². The number of fused-ring (bicyclic) bond motifs is 1. The molecule has 0 radical (unpaired) electrons. The number of hydrogen-bond donors (Lipinski definition) is 2. The van der Waals surface area contributed by atoms with E-state index in [2.05, 4.69) is 38.1 Å². The molecule has 0 fully saturated rings. The SMILES string of the molecule is CC.CC(C)CCN(C[C@@H](O)C[C@@H](Cc1ccccc1)C(N)=O)Sc1ccc([N+](=O)[O-])cc1.c1ccc2c(c1)CCC2. The van der Waals surface area contributed by atoms with Crippen LogP contribution in [0.15, 0.2) is 83.8 Å². The van der Waals surface area contributed by atoms with Gasteiger partial charge in [-0.3, -0.25) is 14.9 Å². The topological polar surface area (TPSA) is 110 Å². The standard InChI is InChI=1S/C23H31N3O4S.C9H10.C2H6/c1-17(2)12-13-25(31-22-10-8-20(9-11-22)26(29)30)16-21(27)15-19(23(24)28)14-18-6-4-3-5-7-18;1-2-5-9-7-3-6-8(9)4-1;1-2/h3-11,17,19,21,27H,12-16H2,1-2H3,(H2,24,28);1-2,4-5H,3,6-7H2;1-2H3/t19-,21+;;/m1../s1. The van der Waals surface area contributed by atoms with Gasteiger partial charge in [-0.25, -0.2) is 4.31 Å². The zero-order valence-corrected chi connectivity index (χ0v) is 26.3. The average molecular weight is 594 g/mol. The summed E-state index contributed by atoms with van der Waals surface area (Å²) in [5, 5.41) is 21.6. The molecule has 8 heteroatoms. The molecule has 0 spiro atoms. The quantitative estimate of drug-likeness (QED) is 0.123. The van der Waals surface area contributed by atoms with E-state index in [9.17, 15) is 20.0 Å². The Morgan fingerprint density at radius 3 is 2.07 bits per heavy atom. The maximum atomic E-state index is 12.0. The molecule has 3 N–H and O–H groups in total. The van der Waals surface area contributed by atoms with E-state index in [-0.39, 0.29) is 12.1 Å². The summed E-state index contributed by atoms with van der Waals surface area (Å²) in [5.74, 6) is -0.373. The number of nitro benzene ring substituents is 1. The fourth-order valence-electron chi connectivity index (χ4n) is 4.71. The fourth-order valence-corrected chi connectivity index (χ4v) is 5.70. The first-order valence-corrected chi connectivity index (χ1v) is 15.7. The van der Waals surface area contributed by atoms with E-state index in [1.165, 1.54) is 43.3 Å². The van der Waals surface area contributed by atoms with Gasteiger partial charge in [0.1, 0.15) is 0 Å². The molecule has 1 amide bonds. The molecule has 3 aromatic carbocycles.